The first-order valence-corrected chi connectivity index (χ1v) is 6.67. The number of rotatable bonds is 5. The second-order valence-electron chi connectivity index (χ2n) is 4.05. The van der Waals surface area contributed by atoms with Gasteiger partial charge in [0.15, 0.2) is 11.5 Å². The van der Waals surface area contributed by atoms with E-state index in [2.05, 4.69) is 4.98 Å². The monoisotopic (exact) mass is 277 g/mol. The third-order valence-corrected chi connectivity index (χ3v) is 3.02. The molecule has 4 heteroatoms. The zero-order chi connectivity index (χ0) is 13.7. The predicted molar refractivity (Wildman–Crippen MR) is 76.2 cm³/mol. The van der Waals surface area contributed by atoms with Crippen molar-refractivity contribution < 1.29 is 9.47 Å². The molecule has 0 radical (unpaired) electrons. The van der Waals surface area contributed by atoms with Crippen molar-refractivity contribution in [2.75, 3.05) is 7.11 Å². The molecule has 2 aromatic rings. The smallest absolute Gasteiger partial charge is 0.219 e. The molecule has 1 aromatic heterocycles. The predicted octanol–water partition coefficient (Wildman–Crippen LogP) is 4.18. The summed E-state index contributed by atoms with van der Waals surface area (Å²) in [6.07, 6.45) is 0.840. The number of benzene rings is 1. The maximum Gasteiger partial charge on any atom is 0.219 e. The molecule has 0 aliphatic heterocycles. The molecule has 0 saturated heterocycles. The fourth-order valence-electron chi connectivity index (χ4n) is 1.75. The highest BCUT2D eigenvalue weighted by atomic mass is 35.5. The van der Waals surface area contributed by atoms with Crippen molar-refractivity contribution in [1.29, 1.82) is 0 Å². The molecule has 0 fully saturated rings. The molecule has 0 unspecified atom stereocenters. The van der Waals surface area contributed by atoms with Crippen LogP contribution >= 0.6 is 11.6 Å². The molecule has 0 spiro atoms. The topological polar surface area (TPSA) is 31.4 Å². The van der Waals surface area contributed by atoms with Crippen LogP contribution in [0.2, 0.25) is 0 Å². The van der Waals surface area contributed by atoms with Crippen LogP contribution in [0.5, 0.6) is 17.4 Å². The van der Waals surface area contributed by atoms with Crippen LogP contribution in [0.15, 0.2) is 36.4 Å². The Kier molecular flexibility index (Phi) is 4.63. The maximum absolute atomic E-state index is 5.88. The molecule has 0 aliphatic carbocycles. The summed E-state index contributed by atoms with van der Waals surface area (Å²) in [5, 5.41) is 0. The lowest BCUT2D eigenvalue weighted by molar-refractivity contribution is 0.373. The van der Waals surface area contributed by atoms with Crippen LogP contribution in [0.1, 0.15) is 18.2 Å². The molecule has 3 nitrogen and oxygen atoms in total. The van der Waals surface area contributed by atoms with Crippen LogP contribution in [0.3, 0.4) is 0 Å². The number of aromatic nitrogens is 1. The molecule has 0 N–H and O–H groups in total. The standard InChI is InChI=1S/C15H16ClNO2/c1-3-12-8-11(10-16)9-15(17-12)19-14-7-5-4-6-13(14)18-2/h4-9H,3,10H2,1-2H3. The SMILES string of the molecule is CCc1cc(CCl)cc(Oc2ccccc2OC)n1. The summed E-state index contributed by atoms with van der Waals surface area (Å²) in [6.45, 7) is 2.05. The zero-order valence-corrected chi connectivity index (χ0v) is 11.8. The van der Waals surface area contributed by atoms with Crippen molar-refractivity contribution >= 4 is 11.6 Å². The number of methoxy groups -OCH3 is 1. The van der Waals surface area contributed by atoms with Gasteiger partial charge in [-0.3, -0.25) is 0 Å². The number of ether oxygens (including phenoxy) is 2. The van der Waals surface area contributed by atoms with Gasteiger partial charge < -0.3 is 9.47 Å². The lowest BCUT2D eigenvalue weighted by Gasteiger charge is -2.11. The largest absolute Gasteiger partial charge is 0.493 e. The van der Waals surface area contributed by atoms with Crippen LogP contribution in [-0.2, 0) is 12.3 Å². The zero-order valence-electron chi connectivity index (χ0n) is 11.0. The first-order chi connectivity index (χ1) is 9.26. The number of alkyl halides is 1. The highest BCUT2D eigenvalue weighted by Crippen LogP contribution is 2.30. The van der Waals surface area contributed by atoms with Crippen molar-refractivity contribution in [2.45, 2.75) is 19.2 Å². The van der Waals surface area contributed by atoms with Gasteiger partial charge in [0.1, 0.15) is 0 Å². The molecule has 19 heavy (non-hydrogen) atoms. The number of hydrogen-bond acceptors (Lipinski definition) is 3. The van der Waals surface area contributed by atoms with Gasteiger partial charge in [-0.15, -0.1) is 11.6 Å². The average Bonchev–Trinajstić information content (AvgIpc) is 2.47. The summed E-state index contributed by atoms with van der Waals surface area (Å²) in [6, 6.07) is 11.3. The van der Waals surface area contributed by atoms with Crippen molar-refractivity contribution in [3.63, 3.8) is 0 Å². The van der Waals surface area contributed by atoms with E-state index in [1.54, 1.807) is 7.11 Å². The van der Waals surface area contributed by atoms with Crippen molar-refractivity contribution in [1.82, 2.24) is 4.98 Å². The van der Waals surface area contributed by atoms with Crippen LogP contribution in [0, 0.1) is 0 Å². The molecule has 0 atom stereocenters. The minimum atomic E-state index is 0.442. The Hall–Kier alpha value is -1.74. The highest BCUT2D eigenvalue weighted by Gasteiger charge is 2.07. The number of pyridine rings is 1. The fraction of sp³-hybridized carbons (Fsp3) is 0.267. The lowest BCUT2D eigenvalue weighted by Crippen LogP contribution is -1.96. The van der Waals surface area contributed by atoms with E-state index >= 15 is 0 Å². The van der Waals surface area contributed by atoms with Gasteiger partial charge in [-0.2, -0.15) is 0 Å². The number of nitrogens with zero attached hydrogens (tertiary/aromatic N) is 1. The maximum atomic E-state index is 5.88. The molecular formula is C15H16ClNO2. The lowest BCUT2D eigenvalue weighted by atomic mass is 10.2. The number of para-hydroxylation sites is 2. The second kappa shape index (κ2) is 6.43. The second-order valence-corrected chi connectivity index (χ2v) is 4.31. The Labute approximate surface area is 118 Å². The van der Waals surface area contributed by atoms with Gasteiger partial charge in [0.25, 0.3) is 0 Å². The summed E-state index contributed by atoms with van der Waals surface area (Å²) in [5.74, 6) is 2.31. The Balaban J connectivity index is 2.32. The van der Waals surface area contributed by atoms with Crippen LogP contribution < -0.4 is 9.47 Å². The molecule has 0 amide bonds. The molecule has 100 valence electrons. The van der Waals surface area contributed by atoms with Crippen LogP contribution in [0.25, 0.3) is 0 Å². The quantitative estimate of drug-likeness (QED) is 0.768. The Bertz CT molecular complexity index is 535. The minimum absolute atomic E-state index is 0.442. The van der Waals surface area contributed by atoms with E-state index in [4.69, 9.17) is 21.1 Å². The summed E-state index contributed by atoms with van der Waals surface area (Å²) in [4.78, 5) is 4.43. The Morgan fingerprint density at radius 3 is 2.53 bits per heavy atom. The van der Waals surface area contributed by atoms with Crippen molar-refractivity contribution in [3.8, 4) is 17.4 Å². The summed E-state index contributed by atoms with van der Waals surface area (Å²) >= 11 is 5.88. The van der Waals surface area contributed by atoms with E-state index in [9.17, 15) is 0 Å². The van der Waals surface area contributed by atoms with Gasteiger partial charge in [0.2, 0.25) is 5.88 Å². The summed E-state index contributed by atoms with van der Waals surface area (Å²) in [5.41, 5.74) is 1.96. The van der Waals surface area contributed by atoms with E-state index in [1.807, 2.05) is 43.3 Å². The molecular weight excluding hydrogens is 262 g/mol. The summed E-state index contributed by atoms with van der Waals surface area (Å²) < 4.78 is 11.0. The summed E-state index contributed by atoms with van der Waals surface area (Å²) in [7, 11) is 1.61. The van der Waals surface area contributed by atoms with E-state index in [-0.39, 0.29) is 0 Å². The third-order valence-electron chi connectivity index (χ3n) is 2.71. The fourth-order valence-corrected chi connectivity index (χ4v) is 1.90. The van der Waals surface area contributed by atoms with Gasteiger partial charge in [-0.05, 0) is 30.2 Å². The van der Waals surface area contributed by atoms with E-state index < -0.39 is 0 Å². The van der Waals surface area contributed by atoms with E-state index in [1.165, 1.54) is 0 Å². The molecule has 2 rings (SSSR count). The van der Waals surface area contributed by atoms with E-state index in [0.29, 0.717) is 23.3 Å². The first kappa shape index (κ1) is 13.7. The Morgan fingerprint density at radius 2 is 1.89 bits per heavy atom. The van der Waals surface area contributed by atoms with Crippen LogP contribution in [-0.4, -0.2) is 12.1 Å². The van der Waals surface area contributed by atoms with E-state index in [0.717, 1.165) is 17.7 Å². The molecule has 0 bridgehead atoms. The normalized spacial score (nSPS) is 10.3. The van der Waals surface area contributed by atoms with Gasteiger partial charge in [-0.25, -0.2) is 4.98 Å². The molecule has 1 heterocycles. The van der Waals surface area contributed by atoms with Crippen molar-refractivity contribution in [3.05, 3.63) is 47.7 Å². The van der Waals surface area contributed by atoms with Gasteiger partial charge in [0.05, 0.1) is 7.11 Å². The van der Waals surface area contributed by atoms with Gasteiger partial charge in [-0.1, -0.05) is 19.1 Å². The van der Waals surface area contributed by atoms with Crippen LogP contribution in [0.4, 0.5) is 0 Å². The third kappa shape index (κ3) is 3.38. The Morgan fingerprint density at radius 1 is 1.16 bits per heavy atom. The number of halogens is 1. The minimum Gasteiger partial charge on any atom is -0.493 e. The molecule has 1 aromatic carbocycles. The molecule has 0 saturated carbocycles. The average molecular weight is 278 g/mol. The molecule has 0 aliphatic rings. The first-order valence-electron chi connectivity index (χ1n) is 6.13. The van der Waals surface area contributed by atoms with Gasteiger partial charge >= 0.3 is 0 Å². The number of hydrogen-bond donors (Lipinski definition) is 0. The van der Waals surface area contributed by atoms with Gasteiger partial charge in [0, 0.05) is 17.6 Å². The highest BCUT2D eigenvalue weighted by molar-refractivity contribution is 6.17. The number of aryl methyl sites for hydroxylation is 1. The van der Waals surface area contributed by atoms with Crippen molar-refractivity contribution in [2.24, 2.45) is 0 Å².